The SMILES string of the molecule is CC1C=C2C(c3ccccc3)=C1C21CCCCC1. The Kier molecular flexibility index (Phi) is 2.12. The highest BCUT2D eigenvalue weighted by Gasteiger charge is 2.54. The summed E-state index contributed by atoms with van der Waals surface area (Å²) in [6.45, 7) is 2.38. The van der Waals surface area contributed by atoms with Gasteiger partial charge in [0.1, 0.15) is 0 Å². The van der Waals surface area contributed by atoms with Crippen LogP contribution in [0.4, 0.5) is 0 Å². The van der Waals surface area contributed by atoms with Crippen molar-refractivity contribution in [1.82, 2.24) is 0 Å². The van der Waals surface area contributed by atoms with Crippen LogP contribution in [0.2, 0.25) is 0 Å². The van der Waals surface area contributed by atoms with Crippen LogP contribution in [0.15, 0.2) is 47.6 Å². The molecule has 0 heterocycles. The normalized spacial score (nSPS) is 28.3. The first kappa shape index (κ1) is 10.6. The smallest absolute Gasteiger partial charge is 0.0180 e. The van der Waals surface area contributed by atoms with E-state index in [2.05, 4.69) is 43.3 Å². The van der Waals surface area contributed by atoms with Crippen LogP contribution < -0.4 is 0 Å². The molecule has 92 valence electrons. The first-order valence-corrected chi connectivity index (χ1v) is 7.36. The van der Waals surface area contributed by atoms with Gasteiger partial charge in [0.25, 0.3) is 0 Å². The van der Waals surface area contributed by atoms with E-state index in [0.717, 1.165) is 0 Å². The first-order chi connectivity index (χ1) is 8.83. The van der Waals surface area contributed by atoms with Gasteiger partial charge in [-0.15, -0.1) is 0 Å². The van der Waals surface area contributed by atoms with Crippen molar-refractivity contribution in [1.29, 1.82) is 0 Å². The lowest BCUT2D eigenvalue weighted by atomic mass is 9.55. The summed E-state index contributed by atoms with van der Waals surface area (Å²) >= 11 is 0. The number of benzene rings is 1. The second-order valence-corrected chi connectivity index (χ2v) is 6.17. The third-order valence-electron chi connectivity index (χ3n) is 5.21. The van der Waals surface area contributed by atoms with E-state index in [0.29, 0.717) is 11.3 Å². The van der Waals surface area contributed by atoms with E-state index in [-0.39, 0.29) is 0 Å². The molecule has 1 aromatic rings. The summed E-state index contributed by atoms with van der Waals surface area (Å²) < 4.78 is 0. The van der Waals surface area contributed by atoms with Crippen molar-refractivity contribution >= 4 is 5.57 Å². The Morgan fingerprint density at radius 3 is 2.33 bits per heavy atom. The highest BCUT2D eigenvalue weighted by molar-refractivity contribution is 5.95. The second-order valence-electron chi connectivity index (χ2n) is 6.17. The fourth-order valence-electron chi connectivity index (χ4n) is 4.56. The molecular weight excluding hydrogens is 216 g/mol. The zero-order valence-corrected chi connectivity index (χ0v) is 11.1. The maximum absolute atomic E-state index is 2.54. The topological polar surface area (TPSA) is 0 Å². The van der Waals surface area contributed by atoms with Gasteiger partial charge in [-0.2, -0.15) is 0 Å². The maximum atomic E-state index is 2.54. The molecule has 1 unspecified atom stereocenters. The van der Waals surface area contributed by atoms with E-state index < -0.39 is 0 Å². The van der Waals surface area contributed by atoms with Crippen molar-refractivity contribution in [2.45, 2.75) is 39.0 Å². The number of allylic oxidation sites excluding steroid dienone is 4. The van der Waals surface area contributed by atoms with Crippen molar-refractivity contribution < 1.29 is 0 Å². The molecule has 0 amide bonds. The zero-order chi connectivity index (χ0) is 12.2. The third kappa shape index (κ3) is 1.16. The Labute approximate surface area is 109 Å². The highest BCUT2D eigenvalue weighted by atomic mass is 14.6. The van der Waals surface area contributed by atoms with E-state index in [9.17, 15) is 0 Å². The van der Waals surface area contributed by atoms with E-state index in [1.807, 2.05) is 0 Å². The molecule has 18 heavy (non-hydrogen) atoms. The molecule has 4 aliphatic rings. The predicted octanol–water partition coefficient (Wildman–Crippen LogP) is 4.98. The monoisotopic (exact) mass is 236 g/mol. The lowest BCUT2D eigenvalue weighted by molar-refractivity contribution is 0.281. The van der Waals surface area contributed by atoms with E-state index in [1.165, 1.54) is 37.7 Å². The molecule has 1 fully saturated rings. The van der Waals surface area contributed by atoms with Gasteiger partial charge in [0.15, 0.2) is 0 Å². The van der Waals surface area contributed by atoms with Crippen LogP contribution in [0.5, 0.6) is 0 Å². The Morgan fingerprint density at radius 2 is 1.72 bits per heavy atom. The van der Waals surface area contributed by atoms with Gasteiger partial charge < -0.3 is 0 Å². The minimum Gasteiger partial charge on any atom is -0.0728 e. The minimum atomic E-state index is 0.517. The quantitative estimate of drug-likeness (QED) is 0.645. The van der Waals surface area contributed by atoms with Crippen LogP contribution in [0.25, 0.3) is 5.57 Å². The molecule has 1 aromatic carbocycles. The molecule has 0 N–H and O–H groups in total. The van der Waals surface area contributed by atoms with Gasteiger partial charge in [-0.3, -0.25) is 0 Å². The predicted molar refractivity (Wildman–Crippen MR) is 76.1 cm³/mol. The molecule has 1 saturated carbocycles. The summed E-state index contributed by atoms with van der Waals surface area (Å²) in [6.07, 6.45) is 9.66. The van der Waals surface area contributed by atoms with Crippen LogP contribution in [-0.4, -0.2) is 0 Å². The highest BCUT2D eigenvalue weighted by Crippen LogP contribution is 2.68. The Balaban J connectivity index is 1.82. The lowest BCUT2D eigenvalue weighted by Gasteiger charge is -2.48. The van der Waals surface area contributed by atoms with Crippen LogP contribution in [0.3, 0.4) is 0 Å². The first-order valence-electron chi connectivity index (χ1n) is 7.36. The van der Waals surface area contributed by atoms with Crippen LogP contribution in [0.1, 0.15) is 44.6 Å². The van der Waals surface area contributed by atoms with Gasteiger partial charge >= 0.3 is 0 Å². The fourth-order valence-corrected chi connectivity index (χ4v) is 4.56. The molecule has 0 heteroatoms. The Bertz CT molecular complexity index is 539. The molecule has 2 bridgehead atoms. The van der Waals surface area contributed by atoms with Gasteiger partial charge in [-0.05, 0) is 41.0 Å². The third-order valence-corrected chi connectivity index (χ3v) is 5.21. The van der Waals surface area contributed by atoms with Crippen molar-refractivity contribution in [3.8, 4) is 0 Å². The largest absolute Gasteiger partial charge is 0.0728 e. The molecule has 1 atom stereocenters. The van der Waals surface area contributed by atoms with Crippen molar-refractivity contribution in [2.75, 3.05) is 0 Å². The average Bonchev–Trinajstić information content (AvgIpc) is 2.92. The summed E-state index contributed by atoms with van der Waals surface area (Å²) in [5.41, 5.74) is 7.02. The number of hydrogen-bond acceptors (Lipinski definition) is 0. The molecule has 1 spiro atoms. The fraction of sp³-hybridized carbons (Fsp3) is 0.444. The summed E-state index contributed by atoms with van der Waals surface area (Å²) in [5.74, 6) is 0.688. The van der Waals surface area contributed by atoms with Gasteiger partial charge in [-0.25, -0.2) is 0 Å². The van der Waals surface area contributed by atoms with Crippen molar-refractivity contribution in [3.63, 3.8) is 0 Å². The average molecular weight is 236 g/mol. The molecule has 0 saturated heterocycles. The second kappa shape index (κ2) is 3.60. The van der Waals surface area contributed by atoms with Crippen LogP contribution in [-0.2, 0) is 0 Å². The van der Waals surface area contributed by atoms with Crippen LogP contribution in [0, 0.1) is 11.3 Å². The summed E-state index contributed by atoms with van der Waals surface area (Å²) in [6, 6.07) is 11.0. The van der Waals surface area contributed by atoms with Crippen LogP contribution >= 0.6 is 0 Å². The maximum Gasteiger partial charge on any atom is 0.0180 e. The molecule has 0 radical (unpaired) electrons. The van der Waals surface area contributed by atoms with E-state index in [4.69, 9.17) is 0 Å². The van der Waals surface area contributed by atoms with E-state index in [1.54, 1.807) is 16.7 Å². The summed E-state index contributed by atoms with van der Waals surface area (Å²) in [4.78, 5) is 0. The number of hydrogen-bond donors (Lipinski definition) is 0. The molecule has 0 nitrogen and oxygen atoms in total. The number of fused-ring (bicyclic) bond motifs is 1. The standard InChI is InChI=1S/C18H20/c1-13-12-15-16(14-8-4-2-5-9-14)17(13)18(15)10-6-3-7-11-18/h2,4-5,8-9,12-13H,3,6-7,10-11H2,1H3. The van der Waals surface area contributed by atoms with Crippen molar-refractivity contribution in [3.05, 3.63) is 53.1 Å². The minimum absolute atomic E-state index is 0.517. The summed E-state index contributed by atoms with van der Waals surface area (Å²) in [5, 5.41) is 0. The van der Waals surface area contributed by atoms with Gasteiger partial charge in [-0.1, -0.05) is 62.6 Å². The van der Waals surface area contributed by atoms with Crippen molar-refractivity contribution in [2.24, 2.45) is 11.3 Å². The molecule has 0 aromatic heterocycles. The molecule has 0 aliphatic heterocycles. The Hall–Kier alpha value is -1.30. The van der Waals surface area contributed by atoms with Gasteiger partial charge in [0, 0.05) is 5.41 Å². The molecular formula is C18H20. The molecule has 5 rings (SSSR count). The summed E-state index contributed by atoms with van der Waals surface area (Å²) in [7, 11) is 0. The van der Waals surface area contributed by atoms with Gasteiger partial charge in [0.2, 0.25) is 0 Å². The lowest BCUT2D eigenvalue weighted by Crippen LogP contribution is -2.35. The number of rotatable bonds is 1. The van der Waals surface area contributed by atoms with E-state index >= 15 is 0 Å². The Morgan fingerprint density at radius 1 is 1.00 bits per heavy atom. The molecule has 4 aliphatic carbocycles. The van der Waals surface area contributed by atoms with Gasteiger partial charge in [0.05, 0.1) is 0 Å². The zero-order valence-electron chi connectivity index (χ0n) is 11.1.